The van der Waals surface area contributed by atoms with Gasteiger partial charge in [-0.1, -0.05) is 0 Å². The number of nitrogens with zero attached hydrogens (tertiary/aromatic N) is 1. The number of nitro benzene ring substituents is 1. The summed E-state index contributed by atoms with van der Waals surface area (Å²) in [5.41, 5.74) is 2.87. The number of amides is 1. The summed E-state index contributed by atoms with van der Waals surface area (Å²) >= 11 is 0. The zero-order valence-corrected chi connectivity index (χ0v) is 7.98. The smallest absolute Gasteiger partial charge is 0.271 e. The maximum absolute atomic E-state index is 10.8. The molecule has 1 aromatic rings. The first-order valence-corrected chi connectivity index (χ1v) is 4.07. The van der Waals surface area contributed by atoms with E-state index < -0.39 is 4.92 Å². The van der Waals surface area contributed by atoms with Gasteiger partial charge in [-0.25, -0.2) is 0 Å². The molecule has 7 nitrogen and oxygen atoms in total. The number of non-ortho nitro benzene ring substituents is 1. The van der Waals surface area contributed by atoms with E-state index in [1.807, 2.05) is 0 Å². The summed E-state index contributed by atoms with van der Waals surface area (Å²) in [5.74, 6) is 4.89. The van der Waals surface area contributed by atoms with Crippen LogP contribution in [-0.4, -0.2) is 10.8 Å². The van der Waals surface area contributed by atoms with Crippen molar-refractivity contribution in [3.8, 4) is 0 Å². The fourth-order valence-electron chi connectivity index (χ4n) is 1.06. The lowest BCUT2D eigenvalue weighted by Crippen LogP contribution is -2.13. The number of carbonyl (C=O) groups excluding carboxylic acids is 1. The molecule has 0 spiro atoms. The standard InChI is InChI=1S/C8H10N4O3/c1-5(13)10-7-3-2-6(12(14)15)4-8(7)11-9/h2-4,11H,9H2,1H3,(H,10,13). The average molecular weight is 210 g/mol. The normalized spacial score (nSPS) is 9.47. The molecule has 1 rings (SSSR count). The number of hydrogen-bond acceptors (Lipinski definition) is 5. The largest absolute Gasteiger partial charge is 0.324 e. The van der Waals surface area contributed by atoms with E-state index in [1.54, 1.807) is 0 Å². The van der Waals surface area contributed by atoms with Gasteiger partial charge in [-0.2, -0.15) is 0 Å². The molecule has 1 amide bonds. The second-order valence-corrected chi connectivity index (χ2v) is 2.81. The third-order valence-corrected chi connectivity index (χ3v) is 1.68. The summed E-state index contributed by atoms with van der Waals surface area (Å²) in [4.78, 5) is 20.7. The zero-order chi connectivity index (χ0) is 11.4. The SMILES string of the molecule is CC(=O)Nc1ccc([N+](=O)[O-])cc1NN. The number of benzene rings is 1. The van der Waals surface area contributed by atoms with Crippen LogP contribution in [0, 0.1) is 10.1 Å². The van der Waals surface area contributed by atoms with Crippen molar-refractivity contribution in [3.05, 3.63) is 28.3 Å². The van der Waals surface area contributed by atoms with Crippen molar-refractivity contribution in [2.45, 2.75) is 6.92 Å². The van der Waals surface area contributed by atoms with Crippen molar-refractivity contribution in [2.24, 2.45) is 5.84 Å². The molecule has 0 heterocycles. The molecule has 0 aliphatic carbocycles. The van der Waals surface area contributed by atoms with Gasteiger partial charge in [0.1, 0.15) is 0 Å². The van der Waals surface area contributed by atoms with Crippen LogP contribution in [0.5, 0.6) is 0 Å². The number of rotatable bonds is 3. The molecule has 0 saturated heterocycles. The lowest BCUT2D eigenvalue weighted by atomic mass is 10.2. The molecule has 0 fully saturated rings. The van der Waals surface area contributed by atoms with Gasteiger partial charge in [-0.15, -0.1) is 0 Å². The summed E-state index contributed by atoms with van der Waals surface area (Å²) in [6.45, 7) is 1.34. The minimum atomic E-state index is -0.543. The van der Waals surface area contributed by atoms with Gasteiger partial charge < -0.3 is 10.7 Å². The third kappa shape index (κ3) is 2.64. The molecule has 1 aromatic carbocycles. The van der Waals surface area contributed by atoms with Crippen molar-refractivity contribution in [3.63, 3.8) is 0 Å². The molecule has 80 valence electrons. The Morgan fingerprint density at radius 1 is 1.47 bits per heavy atom. The lowest BCUT2D eigenvalue weighted by Gasteiger charge is -2.08. The van der Waals surface area contributed by atoms with Gasteiger partial charge in [-0.05, 0) is 6.07 Å². The highest BCUT2D eigenvalue weighted by molar-refractivity contribution is 5.92. The number of nitrogens with one attached hydrogen (secondary N) is 2. The first kappa shape index (κ1) is 10.9. The molecule has 0 aliphatic heterocycles. The number of nitrogen functional groups attached to an aromatic ring is 1. The van der Waals surface area contributed by atoms with Gasteiger partial charge in [0.25, 0.3) is 5.69 Å². The van der Waals surface area contributed by atoms with Gasteiger partial charge in [0, 0.05) is 19.1 Å². The zero-order valence-electron chi connectivity index (χ0n) is 7.98. The monoisotopic (exact) mass is 210 g/mol. The predicted octanol–water partition coefficient (Wildman–Crippen LogP) is 0.839. The molecule has 4 N–H and O–H groups in total. The molecule has 0 aromatic heterocycles. The Hall–Kier alpha value is -2.15. The van der Waals surface area contributed by atoms with E-state index in [1.165, 1.54) is 25.1 Å². The Bertz CT molecular complexity index is 405. The first-order valence-electron chi connectivity index (χ1n) is 4.07. The minimum Gasteiger partial charge on any atom is -0.324 e. The molecule has 0 saturated carbocycles. The highest BCUT2D eigenvalue weighted by Gasteiger charge is 2.10. The van der Waals surface area contributed by atoms with E-state index in [0.717, 1.165) is 0 Å². The summed E-state index contributed by atoms with van der Waals surface area (Å²) in [6.07, 6.45) is 0. The minimum absolute atomic E-state index is 0.1000. The van der Waals surface area contributed by atoms with Gasteiger partial charge >= 0.3 is 0 Å². The van der Waals surface area contributed by atoms with E-state index in [-0.39, 0.29) is 11.6 Å². The van der Waals surface area contributed by atoms with Crippen molar-refractivity contribution < 1.29 is 9.72 Å². The number of hydrogen-bond donors (Lipinski definition) is 3. The van der Waals surface area contributed by atoms with Crippen molar-refractivity contribution in [1.29, 1.82) is 0 Å². The van der Waals surface area contributed by atoms with Crippen LogP contribution in [-0.2, 0) is 4.79 Å². The number of nitrogens with two attached hydrogens (primary N) is 1. The molecule has 0 atom stereocenters. The molecule has 0 unspecified atom stereocenters. The summed E-state index contributed by atoms with van der Waals surface area (Å²) in [7, 11) is 0. The molecule has 0 radical (unpaired) electrons. The second kappa shape index (κ2) is 4.38. The van der Waals surface area contributed by atoms with Crippen LogP contribution in [0.15, 0.2) is 18.2 Å². The van der Waals surface area contributed by atoms with Crippen LogP contribution in [0.2, 0.25) is 0 Å². The molecule has 7 heteroatoms. The van der Waals surface area contributed by atoms with Gasteiger partial charge in [0.2, 0.25) is 5.91 Å². The van der Waals surface area contributed by atoms with Crippen molar-refractivity contribution in [1.82, 2.24) is 0 Å². The molecular weight excluding hydrogens is 200 g/mol. The highest BCUT2D eigenvalue weighted by Crippen LogP contribution is 2.25. The van der Waals surface area contributed by atoms with E-state index in [0.29, 0.717) is 11.4 Å². The maximum Gasteiger partial charge on any atom is 0.271 e. The summed E-state index contributed by atoms with van der Waals surface area (Å²) in [6, 6.07) is 3.94. The van der Waals surface area contributed by atoms with Crippen molar-refractivity contribution >= 4 is 23.0 Å². The van der Waals surface area contributed by atoms with Crippen LogP contribution in [0.4, 0.5) is 17.1 Å². The highest BCUT2D eigenvalue weighted by atomic mass is 16.6. The van der Waals surface area contributed by atoms with E-state index >= 15 is 0 Å². The molecular formula is C8H10N4O3. The average Bonchev–Trinajstić information content (AvgIpc) is 2.17. The fraction of sp³-hybridized carbons (Fsp3) is 0.125. The molecule has 15 heavy (non-hydrogen) atoms. The van der Waals surface area contributed by atoms with Gasteiger partial charge in [0.05, 0.1) is 16.3 Å². The maximum atomic E-state index is 10.8. The summed E-state index contributed by atoms with van der Waals surface area (Å²) < 4.78 is 0. The number of nitro groups is 1. The van der Waals surface area contributed by atoms with E-state index in [2.05, 4.69) is 10.7 Å². The van der Waals surface area contributed by atoms with Crippen LogP contribution in [0.25, 0.3) is 0 Å². The Kier molecular flexibility index (Phi) is 3.19. The Balaban J connectivity index is 3.08. The quantitative estimate of drug-likeness (QED) is 0.389. The Morgan fingerprint density at radius 3 is 2.60 bits per heavy atom. The van der Waals surface area contributed by atoms with Crippen LogP contribution < -0.4 is 16.6 Å². The Morgan fingerprint density at radius 2 is 2.13 bits per heavy atom. The summed E-state index contributed by atoms with van der Waals surface area (Å²) in [5, 5.41) is 12.9. The Labute approximate surface area is 85.4 Å². The number of anilines is 2. The van der Waals surface area contributed by atoms with Crippen molar-refractivity contribution in [2.75, 3.05) is 10.7 Å². The first-order chi connectivity index (χ1) is 7.04. The topological polar surface area (TPSA) is 110 Å². The fourth-order valence-corrected chi connectivity index (χ4v) is 1.06. The van der Waals surface area contributed by atoms with Gasteiger partial charge in [-0.3, -0.25) is 20.8 Å². The lowest BCUT2D eigenvalue weighted by molar-refractivity contribution is -0.384. The second-order valence-electron chi connectivity index (χ2n) is 2.81. The number of hydrazine groups is 1. The third-order valence-electron chi connectivity index (χ3n) is 1.68. The predicted molar refractivity (Wildman–Crippen MR) is 55.2 cm³/mol. The molecule has 0 aliphatic rings. The van der Waals surface area contributed by atoms with Crippen LogP contribution >= 0.6 is 0 Å². The van der Waals surface area contributed by atoms with E-state index in [9.17, 15) is 14.9 Å². The molecule has 0 bridgehead atoms. The van der Waals surface area contributed by atoms with Crippen LogP contribution in [0.1, 0.15) is 6.92 Å². The van der Waals surface area contributed by atoms with Gasteiger partial charge in [0.15, 0.2) is 0 Å². The number of carbonyl (C=O) groups is 1. The van der Waals surface area contributed by atoms with E-state index in [4.69, 9.17) is 5.84 Å². The van der Waals surface area contributed by atoms with Crippen LogP contribution in [0.3, 0.4) is 0 Å².